The molecule has 0 atom stereocenters. The van der Waals surface area contributed by atoms with E-state index in [0.717, 1.165) is 29.9 Å². The third-order valence-electron chi connectivity index (χ3n) is 5.80. The number of carbonyl (C=O) groups excluding carboxylic acids is 1. The van der Waals surface area contributed by atoms with Crippen LogP contribution in [0.25, 0.3) is 6.08 Å². The number of hydrazone groups is 1. The molecule has 39 heavy (non-hydrogen) atoms. The minimum absolute atomic E-state index is 0.0527. The summed E-state index contributed by atoms with van der Waals surface area (Å²) in [6.07, 6.45) is 5.04. The maximum Gasteiger partial charge on any atom is 0.246 e. The number of halogens is 2. The van der Waals surface area contributed by atoms with E-state index in [1.165, 1.54) is 5.12 Å². The van der Waals surface area contributed by atoms with Crippen molar-refractivity contribution in [2.75, 3.05) is 51.8 Å². The Balaban J connectivity index is 1.44. The molecule has 4 N–H and O–H groups in total. The van der Waals surface area contributed by atoms with Crippen LogP contribution in [0.4, 0.5) is 3.89 Å². The molecular weight excluding hydrogens is 545 g/mol. The summed E-state index contributed by atoms with van der Waals surface area (Å²) >= 11 is 6.42. The van der Waals surface area contributed by atoms with Crippen LogP contribution in [0.3, 0.4) is 0 Å². The average Bonchev–Trinajstić information content (AvgIpc) is 2.91. The second-order valence-corrected chi connectivity index (χ2v) is 9.94. The van der Waals surface area contributed by atoms with Gasteiger partial charge in [-0.05, 0) is 48.4 Å². The maximum atomic E-state index is 12.8. The van der Waals surface area contributed by atoms with Crippen molar-refractivity contribution < 1.29 is 18.2 Å². The van der Waals surface area contributed by atoms with Crippen LogP contribution in [0.1, 0.15) is 23.7 Å². The van der Waals surface area contributed by atoms with Crippen LogP contribution in [0.15, 0.2) is 47.7 Å². The first-order valence-corrected chi connectivity index (χ1v) is 13.8. The Morgan fingerprint density at radius 2 is 2.03 bits per heavy atom. The zero-order chi connectivity index (χ0) is 28.0. The van der Waals surface area contributed by atoms with Gasteiger partial charge in [-0.15, -0.1) is 5.10 Å². The lowest BCUT2D eigenvalue weighted by molar-refractivity contribution is -0.127. The molecule has 1 aliphatic heterocycles. The molecule has 0 bridgehead atoms. The Kier molecular flexibility index (Phi) is 12.8. The van der Waals surface area contributed by atoms with Crippen molar-refractivity contribution in [1.29, 1.82) is 0 Å². The molecule has 1 aromatic heterocycles. The van der Waals surface area contributed by atoms with Crippen LogP contribution >= 0.6 is 23.7 Å². The van der Waals surface area contributed by atoms with E-state index in [0.29, 0.717) is 61.8 Å². The molecule has 0 spiro atoms. The highest BCUT2D eigenvalue weighted by molar-refractivity contribution is 7.94. The van der Waals surface area contributed by atoms with E-state index in [-0.39, 0.29) is 24.6 Å². The number of hydrazine groups is 1. The van der Waals surface area contributed by atoms with Crippen LogP contribution in [0.2, 0.25) is 5.02 Å². The van der Waals surface area contributed by atoms with Gasteiger partial charge >= 0.3 is 0 Å². The Hall–Kier alpha value is -2.90. The molecule has 1 aromatic carbocycles. The predicted octanol–water partition coefficient (Wildman–Crippen LogP) is 3.07. The van der Waals surface area contributed by atoms with E-state index in [1.807, 2.05) is 23.1 Å². The van der Waals surface area contributed by atoms with Gasteiger partial charge in [0.05, 0.1) is 31.6 Å². The van der Waals surface area contributed by atoms with Crippen molar-refractivity contribution in [3.63, 3.8) is 0 Å². The van der Waals surface area contributed by atoms with Gasteiger partial charge in [0.1, 0.15) is 18.2 Å². The summed E-state index contributed by atoms with van der Waals surface area (Å²) in [7, 11) is 0. The molecule has 0 aliphatic carbocycles. The number of pyridine rings is 1. The number of hydrogen-bond acceptors (Lipinski definition) is 9. The summed E-state index contributed by atoms with van der Waals surface area (Å²) in [6, 6.07) is 9.22. The third-order valence-corrected chi connectivity index (χ3v) is 6.35. The topological polar surface area (TPSA) is 123 Å². The van der Waals surface area contributed by atoms with Crippen molar-refractivity contribution in [2.24, 2.45) is 16.7 Å². The molecular formula is C26H35ClFN7O3S. The monoisotopic (exact) mass is 579 g/mol. The number of rotatable bonds is 14. The van der Waals surface area contributed by atoms with Gasteiger partial charge in [0.25, 0.3) is 0 Å². The number of ether oxygens (including phenoxy) is 2. The van der Waals surface area contributed by atoms with Crippen molar-refractivity contribution in [1.82, 2.24) is 19.9 Å². The molecule has 2 heterocycles. The molecule has 3 rings (SSSR count). The minimum Gasteiger partial charge on any atom is -0.490 e. The molecule has 0 unspecified atom stereocenters. The Bertz CT molecular complexity index is 1110. The maximum absolute atomic E-state index is 12.8. The molecule has 1 aliphatic rings. The number of piperazine rings is 1. The molecule has 10 nitrogen and oxygen atoms in total. The summed E-state index contributed by atoms with van der Waals surface area (Å²) in [4.78, 5) is 21.4. The number of aromatic nitrogens is 1. The van der Waals surface area contributed by atoms with Crippen molar-refractivity contribution in [3.8, 4) is 5.75 Å². The van der Waals surface area contributed by atoms with Gasteiger partial charge in [0.2, 0.25) is 5.91 Å². The first-order valence-electron chi connectivity index (χ1n) is 12.5. The first kappa shape index (κ1) is 30.6. The summed E-state index contributed by atoms with van der Waals surface area (Å²) in [5, 5.41) is 5.82. The van der Waals surface area contributed by atoms with E-state index >= 15 is 0 Å². The van der Waals surface area contributed by atoms with Crippen LogP contribution in [0.5, 0.6) is 5.75 Å². The van der Waals surface area contributed by atoms with Gasteiger partial charge in [-0.25, -0.2) is 11.0 Å². The van der Waals surface area contributed by atoms with Crippen molar-refractivity contribution >= 4 is 41.6 Å². The fraction of sp³-hybridized carbons (Fsp3) is 0.423. The summed E-state index contributed by atoms with van der Waals surface area (Å²) < 4.78 is 22.8. The molecule has 212 valence electrons. The highest BCUT2D eigenvalue weighted by Crippen LogP contribution is 2.19. The summed E-state index contributed by atoms with van der Waals surface area (Å²) in [6.45, 7) is 6.52. The van der Waals surface area contributed by atoms with Gasteiger partial charge in [-0.2, -0.15) is 3.89 Å². The highest BCUT2D eigenvalue weighted by atomic mass is 35.5. The quantitative estimate of drug-likeness (QED) is 0.0868. The third kappa shape index (κ3) is 11.0. The standard InChI is InChI=1S/C26H35ClFN7O3S/c1-20(29)32-35(30)18-22-16-23(27)4-2-21(22)3-7-26(36)34-10-8-33(9-11-34)19-24-5-6-25(17-31-24)38-13-12-37-14-15-39-28/h2-7,16-17H,8-15,18-19,30H2,1H3,(H2,29,32)/b7-3+. The first-order chi connectivity index (χ1) is 18.8. The van der Waals surface area contributed by atoms with E-state index in [9.17, 15) is 8.68 Å². The van der Waals surface area contributed by atoms with Gasteiger partial charge in [-0.3, -0.25) is 14.7 Å². The van der Waals surface area contributed by atoms with Crippen LogP contribution < -0.4 is 16.3 Å². The van der Waals surface area contributed by atoms with Crippen LogP contribution in [-0.2, 0) is 22.6 Å². The van der Waals surface area contributed by atoms with E-state index in [2.05, 4.69) is 15.0 Å². The summed E-state index contributed by atoms with van der Waals surface area (Å²) in [5.41, 5.74) is 8.18. The zero-order valence-corrected chi connectivity index (χ0v) is 23.5. The number of nitrogens with zero attached hydrogens (tertiary/aromatic N) is 5. The SMILES string of the molecule is C/C(N)=N/N(N)Cc1cc(Cl)ccc1/C=C/C(=O)N1CCN(Cc2ccc(OCCOCCSF)cn2)CC1. The number of carbonyl (C=O) groups is 1. The normalized spacial score (nSPS) is 14.7. The second kappa shape index (κ2) is 16.3. The number of hydrogen-bond donors (Lipinski definition) is 2. The Morgan fingerprint density at radius 1 is 1.23 bits per heavy atom. The molecule has 0 saturated carbocycles. The predicted molar refractivity (Wildman–Crippen MR) is 153 cm³/mol. The minimum atomic E-state index is -0.0527. The van der Waals surface area contributed by atoms with Crippen LogP contribution in [-0.4, -0.2) is 83.4 Å². The average molecular weight is 580 g/mol. The van der Waals surface area contributed by atoms with E-state index in [4.69, 9.17) is 32.7 Å². The number of amidine groups is 1. The van der Waals surface area contributed by atoms with Gasteiger partial charge in [-0.1, -0.05) is 17.7 Å². The number of amides is 1. The molecule has 13 heteroatoms. The van der Waals surface area contributed by atoms with Gasteiger partial charge in [0, 0.05) is 61.7 Å². The van der Waals surface area contributed by atoms with Crippen LogP contribution in [0, 0.1) is 0 Å². The molecule has 1 saturated heterocycles. The summed E-state index contributed by atoms with van der Waals surface area (Å²) in [5.74, 6) is 7.18. The van der Waals surface area contributed by atoms with Crippen molar-refractivity contribution in [2.45, 2.75) is 20.0 Å². The van der Waals surface area contributed by atoms with Gasteiger partial charge < -0.3 is 20.1 Å². The van der Waals surface area contributed by atoms with Gasteiger partial charge in [0.15, 0.2) is 0 Å². The Morgan fingerprint density at radius 3 is 2.72 bits per heavy atom. The van der Waals surface area contributed by atoms with E-state index in [1.54, 1.807) is 37.4 Å². The number of benzene rings is 1. The lowest BCUT2D eigenvalue weighted by atomic mass is 10.1. The molecule has 2 aromatic rings. The Labute approximate surface area is 238 Å². The molecule has 1 fully saturated rings. The fourth-order valence-electron chi connectivity index (χ4n) is 3.91. The highest BCUT2D eigenvalue weighted by Gasteiger charge is 2.20. The van der Waals surface area contributed by atoms with E-state index < -0.39 is 0 Å². The largest absolute Gasteiger partial charge is 0.490 e. The number of nitrogens with two attached hydrogens (primary N) is 2. The lowest BCUT2D eigenvalue weighted by Crippen LogP contribution is -2.47. The smallest absolute Gasteiger partial charge is 0.246 e. The van der Waals surface area contributed by atoms with Crippen molar-refractivity contribution in [3.05, 3.63) is 64.4 Å². The zero-order valence-electron chi connectivity index (χ0n) is 22.0. The molecule has 1 amide bonds. The lowest BCUT2D eigenvalue weighted by Gasteiger charge is -2.34. The fourth-order valence-corrected chi connectivity index (χ4v) is 4.28. The molecule has 0 radical (unpaired) electrons. The second-order valence-electron chi connectivity index (χ2n) is 8.88.